The lowest BCUT2D eigenvalue weighted by atomic mass is 10.1. The molecule has 2 unspecified atom stereocenters. The van der Waals surface area contributed by atoms with Crippen molar-refractivity contribution < 1.29 is 9.84 Å². The second kappa shape index (κ2) is 7.33. The van der Waals surface area contributed by atoms with Gasteiger partial charge >= 0.3 is 0 Å². The molecular formula is C17H23NO2. The van der Waals surface area contributed by atoms with Gasteiger partial charge in [0.1, 0.15) is 12.4 Å². The molecule has 1 fully saturated rings. The van der Waals surface area contributed by atoms with Crippen molar-refractivity contribution in [3.63, 3.8) is 0 Å². The Bertz CT molecular complexity index is 466. The lowest BCUT2D eigenvalue weighted by Gasteiger charge is -2.23. The number of aliphatic hydroxyl groups excluding tert-OH is 1. The normalized spacial score (nSPS) is 21.9. The summed E-state index contributed by atoms with van der Waals surface area (Å²) in [5.41, 5.74) is 1.14. The standard InChI is InChI=1S/C17H23NO2/c1-3-11-20-17-10-5-4-7-15(17)13-18(2)12-14-8-6-9-16(14)19/h1,4-5,7,10,14,16,19H,6,8-9,11-13H2,2H3. The van der Waals surface area contributed by atoms with Gasteiger partial charge in [0.2, 0.25) is 0 Å². The molecule has 0 saturated heterocycles. The van der Waals surface area contributed by atoms with Gasteiger partial charge in [0.05, 0.1) is 6.10 Å². The van der Waals surface area contributed by atoms with Gasteiger partial charge < -0.3 is 14.7 Å². The Kier molecular flexibility index (Phi) is 5.46. The van der Waals surface area contributed by atoms with Gasteiger partial charge in [-0.2, -0.15) is 0 Å². The molecule has 2 rings (SSSR count). The van der Waals surface area contributed by atoms with Crippen molar-refractivity contribution in [3.05, 3.63) is 29.8 Å². The van der Waals surface area contributed by atoms with Crippen LogP contribution in [0.4, 0.5) is 0 Å². The van der Waals surface area contributed by atoms with E-state index in [-0.39, 0.29) is 6.10 Å². The molecule has 3 nitrogen and oxygen atoms in total. The summed E-state index contributed by atoms with van der Waals surface area (Å²) in [6.45, 7) is 2.02. The van der Waals surface area contributed by atoms with Gasteiger partial charge in [-0.25, -0.2) is 0 Å². The van der Waals surface area contributed by atoms with E-state index in [2.05, 4.69) is 23.9 Å². The van der Waals surface area contributed by atoms with Crippen molar-refractivity contribution >= 4 is 0 Å². The zero-order valence-corrected chi connectivity index (χ0v) is 12.1. The van der Waals surface area contributed by atoms with Gasteiger partial charge in [-0.15, -0.1) is 6.42 Å². The summed E-state index contributed by atoms with van der Waals surface area (Å²) in [4.78, 5) is 2.25. The number of hydrogen-bond donors (Lipinski definition) is 1. The molecular weight excluding hydrogens is 250 g/mol. The highest BCUT2D eigenvalue weighted by Gasteiger charge is 2.26. The third kappa shape index (κ3) is 4.00. The Morgan fingerprint density at radius 3 is 2.90 bits per heavy atom. The summed E-state index contributed by atoms with van der Waals surface area (Å²) < 4.78 is 5.57. The summed E-state index contributed by atoms with van der Waals surface area (Å²) in [6.07, 6.45) is 8.32. The molecule has 1 N–H and O–H groups in total. The smallest absolute Gasteiger partial charge is 0.148 e. The second-order valence-electron chi connectivity index (χ2n) is 5.56. The summed E-state index contributed by atoms with van der Waals surface area (Å²) in [5.74, 6) is 3.75. The summed E-state index contributed by atoms with van der Waals surface area (Å²) in [7, 11) is 2.09. The van der Waals surface area contributed by atoms with E-state index >= 15 is 0 Å². The third-order valence-corrected chi connectivity index (χ3v) is 3.89. The fourth-order valence-electron chi connectivity index (χ4n) is 2.88. The minimum absolute atomic E-state index is 0.134. The van der Waals surface area contributed by atoms with Crippen molar-refractivity contribution in [2.45, 2.75) is 31.9 Å². The van der Waals surface area contributed by atoms with Crippen LogP contribution in [0.5, 0.6) is 5.75 Å². The second-order valence-corrected chi connectivity index (χ2v) is 5.56. The van der Waals surface area contributed by atoms with Crippen LogP contribution in [0.1, 0.15) is 24.8 Å². The monoisotopic (exact) mass is 273 g/mol. The number of hydrogen-bond acceptors (Lipinski definition) is 3. The predicted molar refractivity (Wildman–Crippen MR) is 80.5 cm³/mol. The topological polar surface area (TPSA) is 32.7 Å². The molecule has 1 aliphatic carbocycles. The van der Waals surface area contributed by atoms with Crippen LogP contribution in [0.2, 0.25) is 0 Å². The minimum atomic E-state index is -0.134. The molecule has 0 spiro atoms. The molecule has 0 aromatic heterocycles. The molecule has 1 aromatic rings. The lowest BCUT2D eigenvalue weighted by Crippen LogP contribution is -2.29. The first-order chi connectivity index (χ1) is 9.70. The Balaban J connectivity index is 1.93. The van der Waals surface area contributed by atoms with Crippen molar-refractivity contribution in [3.8, 4) is 18.1 Å². The number of benzene rings is 1. The molecule has 1 aliphatic rings. The van der Waals surface area contributed by atoms with Crippen LogP contribution in [0.3, 0.4) is 0 Å². The number of aliphatic hydroxyl groups is 1. The maximum atomic E-state index is 9.90. The van der Waals surface area contributed by atoms with Gasteiger partial charge in [-0.05, 0) is 31.9 Å². The summed E-state index contributed by atoms with van der Waals surface area (Å²) in [5, 5.41) is 9.90. The number of terminal acetylenes is 1. The first-order valence-electron chi connectivity index (χ1n) is 7.21. The molecule has 0 bridgehead atoms. The first-order valence-corrected chi connectivity index (χ1v) is 7.21. The highest BCUT2D eigenvalue weighted by molar-refractivity contribution is 5.33. The fourth-order valence-corrected chi connectivity index (χ4v) is 2.88. The molecule has 3 heteroatoms. The molecule has 20 heavy (non-hydrogen) atoms. The minimum Gasteiger partial charge on any atom is -0.481 e. The van der Waals surface area contributed by atoms with E-state index in [4.69, 9.17) is 11.2 Å². The quantitative estimate of drug-likeness (QED) is 0.807. The van der Waals surface area contributed by atoms with E-state index in [9.17, 15) is 5.11 Å². The lowest BCUT2D eigenvalue weighted by molar-refractivity contribution is 0.107. The average Bonchev–Trinajstić information content (AvgIpc) is 2.83. The summed E-state index contributed by atoms with van der Waals surface area (Å²) >= 11 is 0. The van der Waals surface area contributed by atoms with Crippen LogP contribution in [0, 0.1) is 18.3 Å². The van der Waals surface area contributed by atoms with Crippen molar-refractivity contribution in [1.29, 1.82) is 0 Å². The van der Waals surface area contributed by atoms with Crippen LogP contribution in [0.15, 0.2) is 24.3 Å². The molecule has 1 saturated carbocycles. The van der Waals surface area contributed by atoms with E-state index in [0.717, 1.165) is 43.7 Å². The van der Waals surface area contributed by atoms with Gasteiger partial charge in [-0.1, -0.05) is 30.5 Å². The number of ether oxygens (including phenoxy) is 1. The van der Waals surface area contributed by atoms with Gasteiger partial charge in [0, 0.05) is 18.7 Å². The number of para-hydroxylation sites is 1. The number of nitrogens with zero attached hydrogens (tertiary/aromatic N) is 1. The largest absolute Gasteiger partial charge is 0.481 e. The highest BCUT2D eigenvalue weighted by Crippen LogP contribution is 2.27. The number of rotatable bonds is 6. The van der Waals surface area contributed by atoms with E-state index in [1.165, 1.54) is 0 Å². The molecule has 0 aliphatic heterocycles. The Morgan fingerprint density at radius 1 is 1.40 bits per heavy atom. The van der Waals surface area contributed by atoms with Crippen LogP contribution < -0.4 is 4.74 Å². The van der Waals surface area contributed by atoms with E-state index in [1.54, 1.807) is 0 Å². The Labute approximate surface area is 121 Å². The SMILES string of the molecule is C#CCOc1ccccc1CN(C)CC1CCCC1O. The average molecular weight is 273 g/mol. The zero-order chi connectivity index (χ0) is 14.4. The van der Waals surface area contributed by atoms with Crippen molar-refractivity contribution in [1.82, 2.24) is 4.90 Å². The Hall–Kier alpha value is -1.50. The maximum absolute atomic E-state index is 9.90. The van der Waals surface area contributed by atoms with Gasteiger partial charge in [0.15, 0.2) is 0 Å². The van der Waals surface area contributed by atoms with Crippen molar-refractivity contribution in [2.75, 3.05) is 20.2 Å². The van der Waals surface area contributed by atoms with E-state index in [0.29, 0.717) is 12.5 Å². The van der Waals surface area contributed by atoms with Crippen LogP contribution >= 0.6 is 0 Å². The molecule has 2 atom stereocenters. The summed E-state index contributed by atoms with van der Waals surface area (Å²) in [6, 6.07) is 7.98. The van der Waals surface area contributed by atoms with E-state index < -0.39 is 0 Å². The first kappa shape index (κ1) is 14.9. The molecule has 0 amide bonds. The zero-order valence-electron chi connectivity index (χ0n) is 12.1. The van der Waals surface area contributed by atoms with Crippen LogP contribution in [-0.2, 0) is 6.54 Å². The van der Waals surface area contributed by atoms with Gasteiger partial charge in [0.25, 0.3) is 0 Å². The maximum Gasteiger partial charge on any atom is 0.148 e. The third-order valence-electron chi connectivity index (χ3n) is 3.89. The van der Waals surface area contributed by atoms with Crippen LogP contribution in [0.25, 0.3) is 0 Å². The fraction of sp³-hybridized carbons (Fsp3) is 0.529. The van der Waals surface area contributed by atoms with Gasteiger partial charge in [-0.3, -0.25) is 0 Å². The van der Waals surface area contributed by atoms with E-state index in [1.807, 2.05) is 18.2 Å². The van der Waals surface area contributed by atoms with Crippen molar-refractivity contribution in [2.24, 2.45) is 5.92 Å². The predicted octanol–water partition coefficient (Wildman–Crippen LogP) is 2.29. The highest BCUT2D eigenvalue weighted by atomic mass is 16.5. The Morgan fingerprint density at radius 2 is 2.20 bits per heavy atom. The molecule has 108 valence electrons. The molecule has 0 radical (unpaired) electrons. The molecule has 0 heterocycles. The molecule has 1 aromatic carbocycles. The van der Waals surface area contributed by atoms with Crippen LogP contribution in [-0.4, -0.2) is 36.3 Å².